The van der Waals surface area contributed by atoms with E-state index < -0.39 is 42.0 Å². The van der Waals surface area contributed by atoms with Crippen molar-refractivity contribution < 1.29 is 39.9 Å². The van der Waals surface area contributed by atoms with Crippen LogP contribution in [0.2, 0.25) is 0 Å². The smallest absolute Gasteiger partial charge is 0.317 e. The molecular formula is C19H21N3O8. The zero-order valence-electron chi connectivity index (χ0n) is 15.6. The summed E-state index contributed by atoms with van der Waals surface area (Å²) in [4.78, 5) is 35.5. The third-order valence-corrected chi connectivity index (χ3v) is 3.99. The van der Waals surface area contributed by atoms with E-state index in [9.17, 15) is 34.8 Å². The van der Waals surface area contributed by atoms with Crippen LogP contribution in [-0.4, -0.2) is 62.6 Å². The van der Waals surface area contributed by atoms with Crippen LogP contribution in [0.4, 0.5) is 0 Å². The number of aromatic hydroxyl groups is 4. The Morgan fingerprint density at radius 1 is 0.867 bits per heavy atom. The van der Waals surface area contributed by atoms with Gasteiger partial charge in [0.05, 0.1) is 6.54 Å². The van der Waals surface area contributed by atoms with Crippen molar-refractivity contribution in [3.05, 3.63) is 47.5 Å². The second kappa shape index (κ2) is 9.98. The molecule has 2 aromatic rings. The molecule has 11 heteroatoms. The molecule has 0 spiro atoms. The highest BCUT2D eigenvalue weighted by Gasteiger charge is 2.22. The van der Waals surface area contributed by atoms with E-state index in [0.29, 0.717) is 12.0 Å². The number of hydrogen-bond acceptors (Lipinski definition) is 8. The number of nitrogens with one attached hydrogen (secondary N) is 3. The molecule has 0 aliphatic rings. The molecule has 30 heavy (non-hydrogen) atoms. The molecule has 0 radical (unpaired) electrons. The Labute approximate surface area is 170 Å². The van der Waals surface area contributed by atoms with Crippen LogP contribution in [0.25, 0.3) is 0 Å². The zero-order chi connectivity index (χ0) is 22.3. The molecule has 0 aliphatic heterocycles. The van der Waals surface area contributed by atoms with Crippen LogP contribution in [0.15, 0.2) is 36.4 Å². The van der Waals surface area contributed by atoms with Gasteiger partial charge in [-0.3, -0.25) is 19.7 Å². The molecule has 2 aromatic carbocycles. The predicted octanol–water partition coefficient (Wildman–Crippen LogP) is -0.402. The van der Waals surface area contributed by atoms with Gasteiger partial charge in [0.15, 0.2) is 29.2 Å². The molecule has 160 valence electrons. The monoisotopic (exact) mass is 419 g/mol. The summed E-state index contributed by atoms with van der Waals surface area (Å²) in [6, 6.07) is 7.50. The number of hydrogen-bond donors (Lipinski definition) is 8. The van der Waals surface area contributed by atoms with Crippen molar-refractivity contribution >= 4 is 17.8 Å². The van der Waals surface area contributed by atoms with Gasteiger partial charge in [-0.15, -0.1) is 0 Å². The van der Waals surface area contributed by atoms with Gasteiger partial charge in [-0.05, 0) is 42.3 Å². The summed E-state index contributed by atoms with van der Waals surface area (Å²) in [6.45, 7) is -0.505. The fourth-order valence-corrected chi connectivity index (χ4v) is 2.43. The van der Waals surface area contributed by atoms with Crippen molar-refractivity contribution in [2.45, 2.75) is 12.6 Å². The van der Waals surface area contributed by atoms with E-state index in [1.165, 1.54) is 18.2 Å². The number of rotatable bonds is 9. The molecule has 2 rings (SSSR count). The summed E-state index contributed by atoms with van der Waals surface area (Å²) in [5.41, 5.74) is 0.573. The summed E-state index contributed by atoms with van der Waals surface area (Å²) in [6.07, 6.45) is -1.09. The van der Waals surface area contributed by atoms with Gasteiger partial charge in [-0.25, -0.2) is 0 Å². The number of benzene rings is 2. The maximum Gasteiger partial charge on any atom is 0.317 e. The Morgan fingerprint density at radius 3 is 2.10 bits per heavy atom. The number of carbonyl (C=O) groups is 3. The highest BCUT2D eigenvalue weighted by atomic mass is 16.4. The number of phenols is 4. The minimum atomic E-state index is -1.39. The molecular weight excluding hydrogens is 398 g/mol. The lowest BCUT2D eigenvalue weighted by Gasteiger charge is -2.19. The lowest BCUT2D eigenvalue weighted by molar-refractivity contribution is -0.136. The molecule has 0 saturated heterocycles. The van der Waals surface area contributed by atoms with E-state index in [4.69, 9.17) is 5.11 Å². The Morgan fingerprint density at radius 2 is 1.50 bits per heavy atom. The molecule has 11 nitrogen and oxygen atoms in total. The molecule has 0 heterocycles. The highest BCUT2D eigenvalue weighted by Crippen LogP contribution is 2.25. The number of carbonyl (C=O) groups excluding carboxylic acids is 2. The van der Waals surface area contributed by atoms with Crippen LogP contribution in [0.3, 0.4) is 0 Å². The number of amides is 2. The van der Waals surface area contributed by atoms with E-state index in [1.807, 2.05) is 0 Å². The van der Waals surface area contributed by atoms with Gasteiger partial charge >= 0.3 is 5.97 Å². The first-order chi connectivity index (χ1) is 14.2. The van der Waals surface area contributed by atoms with Crippen LogP contribution >= 0.6 is 0 Å². The average Bonchev–Trinajstić information content (AvgIpc) is 2.69. The van der Waals surface area contributed by atoms with Crippen molar-refractivity contribution in [3.8, 4) is 23.0 Å². The van der Waals surface area contributed by atoms with Gasteiger partial charge in [-0.1, -0.05) is 6.07 Å². The first-order valence-corrected chi connectivity index (χ1v) is 8.74. The van der Waals surface area contributed by atoms with Gasteiger partial charge in [0.25, 0.3) is 11.8 Å². The van der Waals surface area contributed by atoms with Gasteiger partial charge in [-0.2, -0.15) is 0 Å². The molecule has 0 unspecified atom stereocenters. The summed E-state index contributed by atoms with van der Waals surface area (Å²) in [5, 5.41) is 53.6. The third kappa shape index (κ3) is 6.27. The fraction of sp³-hybridized carbons (Fsp3) is 0.211. The Hall–Kier alpha value is -3.99. The van der Waals surface area contributed by atoms with E-state index in [-0.39, 0.29) is 23.6 Å². The summed E-state index contributed by atoms with van der Waals surface area (Å²) < 4.78 is 0. The first-order valence-electron chi connectivity index (χ1n) is 8.74. The number of phenolic OH excluding ortho intramolecular Hbond substituents is 4. The molecule has 0 aliphatic carbocycles. The second-order valence-electron chi connectivity index (χ2n) is 6.25. The molecule has 0 bridgehead atoms. The van der Waals surface area contributed by atoms with Crippen molar-refractivity contribution in [2.24, 2.45) is 0 Å². The molecule has 0 aromatic heterocycles. The van der Waals surface area contributed by atoms with Crippen LogP contribution in [0.1, 0.15) is 15.9 Å². The summed E-state index contributed by atoms with van der Waals surface area (Å²) in [7, 11) is 0. The van der Waals surface area contributed by atoms with Gasteiger partial charge in [0, 0.05) is 12.1 Å². The largest absolute Gasteiger partial charge is 0.504 e. The Balaban J connectivity index is 2.00. The normalized spacial score (nSPS) is 11.5. The maximum atomic E-state index is 12.4. The molecule has 0 saturated carbocycles. The topological polar surface area (TPSA) is 188 Å². The molecule has 8 N–H and O–H groups in total. The SMILES string of the molecule is O=C(O)CN[C@H](NC(=O)c1ccc(O)c(O)c1)C(=O)NCCc1ccc(O)c(O)c1. The predicted molar refractivity (Wildman–Crippen MR) is 103 cm³/mol. The lowest BCUT2D eigenvalue weighted by Crippen LogP contribution is -2.56. The standard InChI is InChI=1S/C19H21N3O8/c23-12-3-1-10(7-14(12)25)5-6-20-19(30)17(21-9-16(27)28)22-18(29)11-2-4-13(24)15(26)8-11/h1-4,7-8,17,21,23-26H,5-6,9H2,(H,20,30)(H,22,29)(H,27,28)/t17-/m1/s1. The van der Waals surface area contributed by atoms with E-state index in [2.05, 4.69) is 16.0 Å². The van der Waals surface area contributed by atoms with Crippen LogP contribution < -0.4 is 16.0 Å². The third-order valence-electron chi connectivity index (χ3n) is 3.99. The van der Waals surface area contributed by atoms with Gasteiger partial charge in [0.1, 0.15) is 0 Å². The van der Waals surface area contributed by atoms with Crippen LogP contribution in [0.5, 0.6) is 23.0 Å². The van der Waals surface area contributed by atoms with E-state index >= 15 is 0 Å². The van der Waals surface area contributed by atoms with E-state index in [1.54, 1.807) is 6.07 Å². The minimum Gasteiger partial charge on any atom is -0.504 e. The van der Waals surface area contributed by atoms with Crippen LogP contribution in [-0.2, 0) is 16.0 Å². The van der Waals surface area contributed by atoms with Crippen LogP contribution in [0, 0.1) is 0 Å². The maximum absolute atomic E-state index is 12.4. The quantitative estimate of drug-likeness (QED) is 0.197. The fourth-order valence-electron chi connectivity index (χ4n) is 2.43. The average molecular weight is 419 g/mol. The molecule has 0 fully saturated rings. The van der Waals surface area contributed by atoms with Crippen molar-refractivity contribution in [3.63, 3.8) is 0 Å². The highest BCUT2D eigenvalue weighted by molar-refractivity contribution is 5.98. The summed E-state index contributed by atoms with van der Waals surface area (Å²) >= 11 is 0. The second-order valence-corrected chi connectivity index (χ2v) is 6.25. The van der Waals surface area contributed by atoms with Crippen molar-refractivity contribution in [1.82, 2.24) is 16.0 Å². The summed E-state index contributed by atoms with van der Waals surface area (Å²) in [5.74, 6) is -4.27. The first kappa shape index (κ1) is 22.3. The molecule has 1 atom stereocenters. The Kier molecular flexibility index (Phi) is 7.42. The Bertz CT molecular complexity index is 947. The van der Waals surface area contributed by atoms with Gasteiger partial charge < -0.3 is 36.2 Å². The minimum absolute atomic E-state index is 0.0557. The number of carboxylic acids is 1. The van der Waals surface area contributed by atoms with Crippen molar-refractivity contribution in [1.29, 1.82) is 0 Å². The van der Waals surface area contributed by atoms with Gasteiger partial charge in [0.2, 0.25) is 0 Å². The molecule has 2 amide bonds. The number of aliphatic carboxylic acids is 1. The van der Waals surface area contributed by atoms with E-state index in [0.717, 1.165) is 12.1 Å². The number of carboxylic acid groups (broad SMARTS) is 1. The zero-order valence-corrected chi connectivity index (χ0v) is 15.6. The van der Waals surface area contributed by atoms with Crippen molar-refractivity contribution in [2.75, 3.05) is 13.1 Å². The lowest BCUT2D eigenvalue weighted by atomic mass is 10.1.